The van der Waals surface area contributed by atoms with E-state index < -0.39 is 0 Å². The molecular weight excluding hydrogens is 274 g/mol. The molecule has 0 spiro atoms. The minimum atomic E-state index is 0.588. The van der Waals surface area contributed by atoms with Gasteiger partial charge in [-0.15, -0.1) is 0 Å². The monoisotopic (exact) mass is 289 g/mol. The second kappa shape index (κ2) is 5.31. The molecule has 0 radical (unpaired) electrons. The minimum Gasteiger partial charge on any atom is -0.459 e. The SMILES string of the molecule is CNCc1c(Cn2ncc(Cl)c2C)oc2ccccc12. The van der Waals surface area contributed by atoms with Crippen molar-refractivity contribution in [2.75, 3.05) is 7.05 Å². The van der Waals surface area contributed by atoms with Gasteiger partial charge in [0, 0.05) is 17.5 Å². The molecule has 3 rings (SSSR count). The van der Waals surface area contributed by atoms with Crippen LogP contribution < -0.4 is 5.32 Å². The molecule has 0 bridgehead atoms. The van der Waals surface area contributed by atoms with Gasteiger partial charge in [0.25, 0.3) is 0 Å². The number of nitrogens with one attached hydrogen (secondary N) is 1. The molecule has 1 N–H and O–H groups in total. The highest BCUT2D eigenvalue weighted by Gasteiger charge is 2.15. The van der Waals surface area contributed by atoms with E-state index in [4.69, 9.17) is 16.0 Å². The lowest BCUT2D eigenvalue weighted by Crippen LogP contribution is -2.09. The quantitative estimate of drug-likeness (QED) is 0.801. The van der Waals surface area contributed by atoms with Crippen LogP contribution in [-0.4, -0.2) is 16.8 Å². The van der Waals surface area contributed by atoms with Crippen LogP contribution in [0.3, 0.4) is 0 Å². The van der Waals surface area contributed by atoms with Crippen molar-refractivity contribution in [3.05, 3.63) is 52.5 Å². The highest BCUT2D eigenvalue weighted by Crippen LogP contribution is 2.27. The van der Waals surface area contributed by atoms with Crippen LogP contribution in [0.25, 0.3) is 11.0 Å². The largest absolute Gasteiger partial charge is 0.459 e. The van der Waals surface area contributed by atoms with Gasteiger partial charge in [0.15, 0.2) is 0 Å². The zero-order valence-corrected chi connectivity index (χ0v) is 12.2. The fourth-order valence-electron chi connectivity index (χ4n) is 2.37. The maximum atomic E-state index is 6.05. The summed E-state index contributed by atoms with van der Waals surface area (Å²) in [7, 11) is 1.93. The molecule has 0 aliphatic heterocycles. The minimum absolute atomic E-state index is 0.588. The summed E-state index contributed by atoms with van der Waals surface area (Å²) in [5, 5.41) is 9.30. The Labute approximate surface area is 122 Å². The molecule has 0 saturated carbocycles. The highest BCUT2D eigenvalue weighted by molar-refractivity contribution is 6.31. The topological polar surface area (TPSA) is 43.0 Å². The van der Waals surface area contributed by atoms with Crippen molar-refractivity contribution >= 4 is 22.6 Å². The van der Waals surface area contributed by atoms with Crippen molar-refractivity contribution in [1.82, 2.24) is 15.1 Å². The fraction of sp³-hybridized carbons (Fsp3) is 0.267. The number of furan rings is 1. The van der Waals surface area contributed by atoms with Crippen molar-refractivity contribution in [2.45, 2.75) is 20.0 Å². The first-order valence-electron chi connectivity index (χ1n) is 6.52. The van der Waals surface area contributed by atoms with Crippen LogP contribution in [0, 0.1) is 6.92 Å². The first kappa shape index (κ1) is 13.2. The van der Waals surface area contributed by atoms with Gasteiger partial charge < -0.3 is 9.73 Å². The summed E-state index contributed by atoms with van der Waals surface area (Å²) in [5.74, 6) is 0.920. The van der Waals surface area contributed by atoms with Gasteiger partial charge in [-0.25, -0.2) is 0 Å². The van der Waals surface area contributed by atoms with Crippen molar-refractivity contribution in [3.8, 4) is 0 Å². The van der Waals surface area contributed by atoms with E-state index >= 15 is 0 Å². The number of halogens is 1. The number of para-hydroxylation sites is 1. The lowest BCUT2D eigenvalue weighted by atomic mass is 10.1. The maximum absolute atomic E-state index is 6.05. The lowest BCUT2D eigenvalue weighted by molar-refractivity contribution is 0.497. The Balaban J connectivity index is 2.06. The van der Waals surface area contributed by atoms with Gasteiger partial charge in [0.1, 0.15) is 11.3 Å². The number of aromatic nitrogens is 2. The van der Waals surface area contributed by atoms with Crippen molar-refractivity contribution in [1.29, 1.82) is 0 Å². The third-order valence-corrected chi connectivity index (χ3v) is 3.84. The van der Waals surface area contributed by atoms with E-state index in [-0.39, 0.29) is 0 Å². The summed E-state index contributed by atoms with van der Waals surface area (Å²) in [5.41, 5.74) is 3.03. The lowest BCUT2D eigenvalue weighted by Gasteiger charge is -2.05. The predicted octanol–water partition coefficient (Wildman–Crippen LogP) is 3.36. The Kier molecular flexibility index (Phi) is 3.51. The van der Waals surface area contributed by atoms with Crippen molar-refractivity contribution in [2.24, 2.45) is 0 Å². The van der Waals surface area contributed by atoms with Crippen LogP contribution in [0.1, 0.15) is 17.0 Å². The molecule has 104 valence electrons. The molecule has 4 nitrogen and oxygen atoms in total. The van der Waals surface area contributed by atoms with Crippen LogP contribution in [0.2, 0.25) is 5.02 Å². The average Bonchev–Trinajstić information content (AvgIpc) is 2.95. The van der Waals surface area contributed by atoms with Gasteiger partial charge in [-0.05, 0) is 20.0 Å². The first-order valence-corrected chi connectivity index (χ1v) is 6.90. The van der Waals surface area contributed by atoms with E-state index in [2.05, 4.69) is 16.5 Å². The van der Waals surface area contributed by atoms with Crippen LogP contribution >= 0.6 is 11.6 Å². The molecule has 20 heavy (non-hydrogen) atoms. The van der Waals surface area contributed by atoms with Crippen LogP contribution in [0.5, 0.6) is 0 Å². The number of rotatable bonds is 4. The van der Waals surface area contributed by atoms with Crippen LogP contribution in [0.4, 0.5) is 0 Å². The molecular formula is C15H16ClN3O. The van der Waals surface area contributed by atoms with Gasteiger partial charge in [0.05, 0.1) is 23.5 Å². The molecule has 2 heterocycles. The second-order valence-corrected chi connectivity index (χ2v) is 5.17. The van der Waals surface area contributed by atoms with Crippen molar-refractivity contribution in [3.63, 3.8) is 0 Å². The zero-order chi connectivity index (χ0) is 14.1. The van der Waals surface area contributed by atoms with Gasteiger partial charge in [0.2, 0.25) is 0 Å². The maximum Gasteiger partial charge on any atom is 0.134 e. The molecule has 0 aliphatic rings. The molecule has 3 aromatic rings. The Hall–Kier alpha value is -1.78. The summed E-state index contributed by atoms with van der Waals surface area (Å²) >= 11 is 6.05. The number of fused-ring (bicyclic) bond motifs is 1. The summed E-state index contributed by atoms with van der Waals surface area (Å²) in [6, 6.07) is 8.07. The summed E-state index contributed by atoms with van der Waals surface area (Å²) in [6.45, 7) is 3.31. The number of hydrogen-bond acceptors (Lipinski definition) is 3. The highest BCUT2D eigenvalue weighted by atomic mass is 35.5. The average molecular weight is 290 g/mol. The molecule has 1 aromatic carbocycles. The molecule has 0 aliphatic carbocycles. The van der Waals surface area contributed by atoms with Gasteiger partial charge in [-0.3, -0.25) is 4.68 Å². The van der Waals surface area contributed by atoms with Crippen molar-refractivity contribution < 1.29 is 4.42 Å². The Morgan fingerprint density at radius 3 is 2.85 bits per heavy atom. The molecule has 5 heteroatoms. The van der Waals surface area contributed by atoms with E-state index in [1.165, 1.54) is 5.56 Å². The number of hydrogen-bond donors (Lipinski definition) is 1. The molecule has 0 unspecified atom stereocenters. The third kappa shape index (κ3) is 2.21. The summed E-state index contributed by atoms with van der Waals surface area (Å²) in [4.78, 5) is 0. The van der Waals surface area contributed by atoms with Gasteiger partial charge >= 0.3 is 0 Å². The summed E-state index contributed by atoms with van der Waals surface area (Å²) in [6.07, 6.45) is 1.66. The number of benzene rings is 1. The molecule has 0 saturated heterocycles. The standard InChI is InChI=1S/C15H16ClN3O/c1-10-13(16)8-18-19(10)9-15-12(7-17-2)11-5-3-4-6-14(11)20-15/h3-6,8,17H,7,9H2,1-2H3. The zero-order valence-electron chi connectivity index (χ0n) is 11.5. The Bertz CT molecular complexity index is 745. The molecule has 0 fully saturated rings. The Morgan fingerprint density at radius 2 is 2.15 bits per heavy atom. The van der Waals surface area contributed by atoms with E-state index in [1.807, 2.05) is 36.9 Å². The van der Waals surface area contributed by atoms with Crippen LogP contribution in [0.15, 0.2) is 34.9 Å². The van der Waals surface area contributed by atoms with E-state index in [0.717, 1.165) is 29.0 Å². The van der Waals surface area contributed by atoms with Gasteiger partial charge in [-0.1, -0.05) is 29.8 Å². The Morgan fingerprint density at radius 1 is 1.35 bits per heavy atom. The fourth-order valence-corrected chi connectivity index (χ4v) is 2.51. The molecule has 2 aromatic heterocycles. The molecule has 0 amide bonds. The van der Waals surface area contributed by atoms with E-state index in [1.54, 1.807) is 6.20 Å². The predicted molar refractivity (Wildman–Crippen MR) is 80.1 cm³/mol. The second-order valence-electron chi connectivity index (χ2n) is 4.77. The van der Waals surface area contributed by atoms with Gasteiger partial charge in [-0.2, -0.15) is 5.10 Å². The first-order chi connectivity index (χ1) is 9.70. The number of nitrogens with zero attached hydrogens (tertiary/aromatic N) is 2. The van der Waals surface area contributed by atoms with E-state index in [9.17, 15) is 0 Å². The van der Waals surface area contributed by atoms with Crippen LogP contribution in [-0.2, 0) is 13.1 Å². The third-order valence-electron chi connectivity index (χ3n) is 3.47. The normalized spacial score (nSPS) is 11.3. The smallest absolute Gasteiger partial charge is 0.134 e. The summed E-state index contributed by atoms with van der Waals surface area (Å²) < 4.78 is 7.84. The molecule has 0 atom stereocenters. The van der Waals surface area contributed by atoms with E-state index in [0.29, 0.717) is 11.6 Å².